The number of carbonyl (C=O) groups is 2. The zero-order chi connectivity index (χ0) is 20.0. The van der Waals surface area contributed by atoms with Crippen molar-refractivity contribution in [2.24, 2.45) is 5.41 Å². The van der Waals surface area contributed by atoms with Gasteiger partial charge in [0.05, 0.1) is 13.2 Å². The Kier molecular flexibility index (Phi) is 11.6. The Morgan fingerprint density at radius 2 is 1.42 bits per heavy atom. The van der Waals surface area contributed by atoms with E-state index in [9.17, 15) is 19.8 Å². The molecule has 1 aliphatic rings. The maximum absolute atomic E-state index is 9.54. The minimum absolute atomic E-state index is 0.0332. The molecule has 0 fully saturated rings. The van der Waals surface area contributed by atoms with E-state index < -0.39 is 17.4 Å². The highest BCUT2D eigenvalue weighted by Crippen LogP contribution is 2.40. The third-order valence-corrected chi connectivity index (χ3v) is 3.77. The average molecular weight is 364 g/mol. The number of aliphatic hydroxyl groups is 2. The lowest BCUT2D eigenvalue weighted by atomic mass is 9.73. The number of carboxylic acid groups (broad SMARTS) is 2. The van der Waals surface area contributed by atoms with Crippen LogP contribution in [0.2, 0.25) is 0 Å². The van der Waals surface area contributed by atoms with E-state index in [0.29, 0.717) is 6.42 Å². The number of hydrogen-bond acceptors (Lipinski definition) is 4. The lowest BCUT2D eigenvalue weighted by Gasteiger charge is -2.33. The zero-order valence-electron chi connectivity index (χ0n) is 15.3. The van der Waals surface area contributed by atoms with Crippen molar-refractivity contribution in [2.75, 3.05) is 13.2 Å². The minimum Gasteiger partial charge on any atom is -0.481 e. The average Bonchev–Trinajstić information content (AvgIpc) is 2.69. The van der Waals surface area contributed by atoms with E-state index in [1.54, 1.807) is 13.8 Å². The molecule has 0 aromatic heterocycles. The summed E-state index contributed by atoms with van der Waals surface area (Å²) in [6.07, 6.45) is 7.07. The van der Waals surface area contributed by atoms with Crippen LogP contribution in [0.25, 0.3) is 5.57 Å². The molecule has 0 aliphatic heterocycles. The first-order valence-electron chi connectivity index (χ1n) is 8.44. The van der Waals surface area contributed by atoms with Crippen molar-refractivity contribution in [3.8, 4) is 0 Å². The molecule has 2 rings (SSSR count). The topological polar surface area (TPSA) is 115 Å². The number of benzene rings is 1. The minimum atomic E-state index is -0.745. The molecule has 0 heterocycles. The van der Waals surface area contributed by atoms with Gasteiger partial charge in [-0.05, 0) is 17.6 Å². The molecule has 0 saturated carbocycles. The Bertz CT molecular complexity index is 586. The fourth-order valence-corrected chi connectivity index (χ4v) is 2.11. The van der Waals surface area contributed by atoms with Crippen molar-refractivity contribution >= 4 is 17.5 Å². The molecule has 0 atom stereocenters. The van der Waals surface area contributed by atoms with E-state index in [-0.39, 0.29) is 26.1 Å². The molecule has 0 spiro atoms. The van der Waals surface area contributed by atoms with Crippen LogP contribution < -0.4 is 0 Å². The Morgan fingerprint density at radius 1 is 0.962 bits per heavy atom. The number of aliphatic hydroxyl groups excluding tert-OH is 2. The first-order chi connectivity index (χ1) is 12.4. The highest BCUT2D eigenvalue weighted by atomic mass is 16.4. The van der Waals surface area contributed by atoms with Gasteiger partial charge in [0, 0.05) is 18.3 Å². The highest BCUT2D eigenvalue weighted by molar-refractivity contribution is 5.73. The number of hydrogen-bond donors (Lipinski definition) is 4. The maximum Gasteiger partial charge on any atom is 0.303 e. The van der Waals surface area contributed by atoms with Gasteiger partial charge in [0.15, 0.2) is 0 Å². The Balaban J connectivity index is 0.000000520. The van der Waals surface area contributed by atoms with Crippen molar-refractivity contribution < 1.29 is 30.0 Å². The van der Waals surface area contributed by atoms with E-state index in [4.69, 9.17) is 10.2 Å². The second-order valence-electron chi connectivity index (χ2n) is 5.67. The van der Waals surface area contributed by atoms with Crippen LogP contribution in [0.4, 0.5) is 0 Å². The summed E-state index contributed by atoms with van der Waals surface area (Å²) in [5.41, 5.74) is 1.55. The standard InChI is InChI=1S/C14H16O2.2C3H6O2/c15-10-14(11-16)9-5-4-8-13(14)12-6-2-1-3-7-12;2*1-2-3(4)5/h1-8,15-16H,9-11H2;2*2H2,1H3,(H,4,5). The Morgan fingerprint density at radius 3 is 1.81 bits per heavy atom. The van der Waals surface area contributed by atoms with Gasteiger partial charge in [-0.15, -0.1) is 0 Å². The lowest BCUT2D eigenvalue weighted by molar-refractivity contribution is -0.137. The van der Waals surface area contributed by atoms with E-state index in [2.05, 4.69) is 0 Å². The van der Waals surface area contributed by atoms with Crippen LogP contribution in [-0.2, 0) is 9.59 Å². The lowest BCUT2D eigenvalue weighted by Crippen LogP contribution is -2.32. The predicted molar refractivity (Wildman–Crippen MR) is 101 cm³/mol. The van der Waals surface area contributed by atoms with Crippen LogP contribution in [0.1, 0.15) is 38.7 Å². The summed E-state index contributed by atoms with van der Waals surface area (Å²) >= 11 is 0. The van der Waals surface area contributed by atoms with Crippen molar-refractivity contribution in [2.45, 2.75) is 33.1 Å². The quantitative estimate of drug-likeness (QED) is 0.638. The Hall–Kier alpha value is -2.44. The van der Waals surface area contributed by atoms with Gasteiger partial charge >= 0.3 is 11.9 Å². The maximum atomic E-state index is 9.54. The van der Waals surface area contributed by atoms with Gasteiger partial charge < -0.3 is 20.4 Å². The fourth-order valence-electron chi connectivity index (χ4n) is 2.11. The van der Waals surface area contributed by atoms with Gasteiger partial charge in [0.2, 0.25) is 0 Å². The van der Waals surface area contributed by atoms with Crippen LogP contribution >= 0.6 is 0 Å². The van der Waals surface area contributed by atoms with Gasteiger partial charge in [-0.1, -0.05) is 62.4 Å². The molecule has 0 saturated heterocycles. The molecule has 1 aromatic rings. The summed E-state index contributed by atoms with van der Waals surface area (Å²) in [6.45, 7) is 3.13. The van der Waals surface area contributed by atoms with Crippen LogP contribution in [0, 0.1) is 5.41 Å². The molecule has 4 N–H and O–H groups in total. The molecule has 0 bridgehead atoms. The predicted octanol–water partition coefficient (Wildman–Crippen LogP) is 2.96. The summed E-state index contributed by atoms with van der Waals surface area (Å²) in [7, 11) is 0. The largest absolute Gasteiger partial charge is 0.481 e. The molecule has 26 heavy (non-hydrogen) atoms. The summed E-state index contributed by atoms with van der Waals surface area (Å²) in [5.74, 6) is -1.49. The van der Waals surface area contributed by atoms with Crippen molar-refractivity contribution in [1.82, 2.24) is 0 Å². The SMILES string of the molecule is CCC(=O)O.CCC(=O)O.OCC1(CO)CC=CC=C1c1ccccc1. The van der Waals surface area contributed by atoms with Crippen molar-refractivity contribution in [3.63, 3.8) is 0 Å². The highest BCUT2D eigenvalue weighted by Gasteiger charge is 2.33. The summed E-state index contributed by atoms with van der Waals surface area (Å²) < 4.78 is 0. The summed E-state index contributed by atoms with van der Waals surface area (Å²) in [5, 5.41) is 34.5. The molecular formula is C20H28O6. The van der Waals surface area contributed by atoms with E-state index >= 15 is 0 Å². The van der Waals surface area contributed by atoms with Crippen molar-refractivity contribution in [3.05, 3.63) is 54.1 Å². The van der Waals surface area contributed by atoms with Gasteiger partial charge in [0.1, 0.15) is 0 Å². The molecule has 1 aromatic carbocycles. The Labute approximate surface area is 154 Å². The van der Waals surface area contributed by atoms with Gasteiger partial charge in [0.25, 0.3) is 0 Å². The first kappa shape index (κ1) is 23.6. The van der Waals surface area contributed by atoms with E-state index in [1.807, 2.05) is 48.6 Å². The van der Waals surface area contributed by atoms with Crippen LogP contribution in [0.3, 0.4) is 0 Å². The van der Waals surface area contributed by atoms with E-state index in [0.717, 1.165) is 11.1 Å². The van der Waals surface area contributed by atoms with Crippen LogP contribution in [0.15, 0.2) is 48.6 Å². The third kappa shape index (κ3) is 8.09. The van der Waals surface area contributed by atoms with Gasteiger partial charge in [-0.25, -0.2) is 0 Å². The zero-order valence-corrected chi connectivity index (χ0v) is 15.3. The number of carboxylic acids is 2. The molecule has 0 amide bonds. The van der Waals surface area contributed by atoms with Gasteiger partial charge in [-0.2, -0.15) is 0 Å². The number of aliphatic carboxylic acids is 2. The summed E-state index contributed by atoms with van der Waals surface area (Å²) in [6, 6.07) is 9.90. The van der Waals surface area contributed by atoms with Gasteiger partial charge in [-0.3, -0.25) is 9.59 Å². The second-order valence-corrected chi connectivity index (χ2v) is 5.67. The van der Waals surface area contributed by atoms with Crippen LogP contribution in [0.5, 0.6) is 0 Å². The van der Waals surface area contributed by atoms with E-state index in [1.165, 1.54) is 0 Å². The fraction of sp³-hybridized carbons (Fsp3) is 0.400. The molecular weight excluding hydrogens is 336 g/mol. The molecule has 6 nitrogen and oxygen atoms in total. The smallest absolute Gasteiger partial charge is 0.303 e. The summed E-state index contributed by atoms with van der Waals surface area (Å²) in [4.78, 5) is 18.7. The molecule has 0 radical (unpaired) electrons. The molecule has 6 heteroatoms. The normalized spacial score (nSPS) is 14.1. The molecule has 144 valence electrons. The van der Waals surface area contributed by atoms with Crippen molar-refractivity contribution in [1.29, 1.82) is 0 Å². The number of rotatable bonds is 5. The third-order valence-electron chi connectivity index (χ3n) is 3.77. The molecule has 0 unspecified atom stereocenters. The molecule has 1 aliphatic carbocycles. The first-order valence-corrected chi connectivity index (χ1v) is 8.44. The monoisotopic (exact) mass is 364 g/mol. The van der Waals surface area contributed by atoms with Crippen LogP contribution in [-0.4, -0.2) is 45.6 Å². The second kappa shape index (κ2) is 12.9. The number of allylic oxidation sites excluding steroid dienone is 3.